The molecule has 0 saturated heterocycles. The summed E-state index contributed by atoms with van der Waals surface area (Å²) in [7, 11) is 0. The van der Waals surface area contributed by atoms with Crippen LogP contribution in [0.2, 0.25) is 0 Å². The fourth-order valence-electron chi connectivity index (χ4n) is 2.72. The molecule has 0 aliphatic heterocycles. The first-order chi connectivity index (χ1) is 13.2. The van der Waals surface area contributed by atoms with Crippen molar-refractivity contribution in [2.45, 2.75) is 13.5 Å². The van der Waals surface area contributed by atoms with E-state index in [2.05, 4.69) is 10.1 Å². The summed E-state index contributed by atoms with van der Waals surface area (Å²) in [5.74, 6) is 1.21. The van der Waals surface area contributed by atoms with Crippen molar-refractivity contribution in [3.05, 3.63) is 92.7 Å². The van der Waals surface area contributed by atoms with Crippen LogP contribution in [0.15, 0.2) is 75.9 Å². The first-order valence-corrected chi connectivity index (χ1v) is 9.37. The van der Waals surface area contributed by atoms with Gasteiger partial charge in [-0.15, -0.1) is 11.3 Å². The standard InChI is InChI=1S/C21H17N3O2S/c1-15-7-2-5-11-19(15)26-14-20-23-18-10-4-3-9-17(18)21(25)24(20)22-13-16-8-6-12-27-16/h2-13H,14H2,1H3/b22-13-. The number of benzene rings is 2. The Bertz CT molecular complexity index is 1160. The average molecular weight is 375 g/mol. The molecule has 0 aliphatic rings. The number of para-hydroxylation sites is 2. The van der Waals surface area contributed by atoms with Crippen LogP contribution in [-0.4, -0.2) is 15.9 Å². The van der Waals surface area contributed by atoms with Crippen LogP contribution in [0.25, 0.3) is 10.9 Å². The molecule has 0 saturated carbocycles. The van der Waals surface area contributed by atoms with Gasteiger partial charge in [0.15, 0.2) is 5.82 Å². The SMILES string of the molecule is Cc1ccccc1OCc1nc2ccccc2c(=O)n1/N=C\c1cccs1. The third-order valence-corrected chi connectivity index (χ3v) is 4.92. The molecule has 5 nitrogen and oxygen atoms in total. The third kappa shape index (κ3) is 3.66. The van der Waals surface area contributed by atoms with Gasteiger partial charge < -0.3 is 4.74 Å². The van der Waals surface area contributed by atoms with Crippen LogP contribution < -0.4 is 10.3 Å². The molecule has 0 radical (unpaired) electrons. The molecule has 4 rings (SSSR count). The first kappa shape index (κ1) is 17.2. The molecule has 2 aromatic heterocycles. The number of thiophene rings is 1. The van der Waals surface area contributed by atoms with Crippen LogP contribution in [0.1, 0.15) is 16.3 Å². The molecule has 0 aliphatic carbocycles. The highest BCUT2D eigenvalue weighted by atomic mass is 32.1. The van der Waals surface area contributed by atoms with Gasteiger partial charge in [0.2, 0.25) is 0 Å². The normalized spacial score (nSPS) is 11.3. The van der Waals surface area contributed by atoms with E-state index in [9.17, 15) is 4.79 Å². The van der Waals surface area contributed by atoms with E-state index in [1.54, 1.807) is 23.6 Å². The second kappa shape index (κ2) is 7.55. The topological polar surface area (TPSA) is 56.5 Å². The number of hydrogen-bond donors (Lipinski definition) is 0. The van der Waals surface area contributed by atoms with Gasteiger partial charge in [0.05, 0.1) is 17.1 Å². The van der Waals surface area contributed by atoms with Crippen molar-refractivity contribution in [3.63, 3.8) is 0 Å². The van der Waals surface area contributed by atoms with Gasteiger partial charge in [-0.3, -0.25) is 4.79 Å². The van der Waals surface area contributed by atoms with E-state index in [4.69, 9.17) is 4.74 Å². The van der Waals surface area contributed by atoms with Crippen LogP contribution in [0.3, 0.4) is 0 Å². The van der Waals surface area contributed by atoms with Gasteiger partial charge in [0, 0.05) is 4.88 Å². The van der Waals surface area contributed by atoms with Crippen LogP contribution in [-0.2, 0) is 6.61 Å². The first-order valence-electron chi connectivity index (χ1n) is 8.49. The Morgan fingerprint density at radius 1 is 1.11 bits per heavy atom. The van der Waals surface area contributed by atoms with Gasteiger partial charge in [-0.05, 0) is 42.1 Å². The summed E-state index contributed by atoms with van der Waals surface area (Å²) < 4.78 is 7.23. The van der Waals surface area contributed by atoms with Crippen molar-refractivity contribution >= 4 is 28.5 Å². The molecule has 134 valence electrons. The Kier molecular flexibility index (Phi) is 4.80. The zero-order valence-corrected chi connectivity index (χ0v) is 15.5. The Morgan fingerprint density at radius 3 is 2.74 bits per heavy atom. The molecule has 27 heavy (non-hydrogen) atoms. The lowest BCUT2D eigenvalue weighted by molar-refractivity contribution is 0.287. The molecule has 2 heterocycles. The molecule has 0 N–H and O–H groups in total. The van der Waals surface area contributed by atoms with Gasteiger partial charge in [0.25, 0.3) is 5.56 Å². The quantitative estimate of drug-likeness (QED) is 0.491. The maximum absolute atomic E-state index is 12.9. The minimum Gasteiger partial charge on any atom is -0.485 e. The minimum atomic E-state index is -0.211. The van der Waals surface area contributed by atoms with Gasteiger partial charge >= 0.3 is 0 Å². The van der Waals surface area contributed by atoms with Crippen LogP contribution in [0.4, 0.5) is 0 Å². The maximum atomic E-state index is 12.9. The van der Waals surface area contributed by atoms with Crippen molar-refractivity contribution in [3.8, 4) is 5.75 Å². The van der Waals surface area contributed by atoms with Crippen molar-refractivity contribution < 1.29 is 4.74 Å². The summed E-state index contributed by atoms with van der Waals surface area (Å²) in [5, 5.41) is 6.87. The molecular formula is C21H17N3O2S. The fraction of sp³-hybridized carbons (Fsp3) is 0.0952. The monoisotopic (exact) mass is 375 g/mol. The smallest absolute Gasteiger partial charge is 0.282 e. The molecule has 4 aromatic rings. The van der Waals surface area contributed by atoms with E-state index < -0.39 is 0 Å². The summed E-state index contributed by atoms with van der Waals surface area (Å²) in [4.78, 5) is 18.5. The number of hydrogen-bond acceptors (Lipinski definition) is 5. The largest absolute Gasteiger partial charge is 0.485 e. The molecule has 6 heteroatoms. The summed E-state index contributed by atoms with van der Waals surface area (Å²) in [6.45, 7) is 2.12. The Morgan fingerprint density at radius 2 is 1.93 bits per heavy atom. The second-order valence-corrected chi connectivity index (χ2v) is 6.96. The molecule has 0 amide bonds. The average Bonchev–Trinajstić information content (AvgIpc) is 3.20. The van der Waals surface area contributed by atoms with Crippen molar-refractivity contribution in [1.82, 2.24) is 9.66 Å². The summed E-state index contributed by atoms with van der Waals surface area (Å²) >= 11 is 1.55. The van der Waals surface area contributed by atoms with Crippen LogP contribution >= 0.6 is 11.3 Å². The van der Waals surface area contributed by atoms with Gasteiger partial charge in [-0.2, -0.15) is 9.78 Å². The molecule has 2 aromatic carbocycles. The highest BCUT2D eigenvalue weighted by molar-refractivity contribution is 7.11. The number of ether oxygens (including phenoxy) is 1. The van der Waals surface area contributed by atoms with Crippen LogP contribution in [0.5, 0.6) is 5.75 Å². The molecule has 0 bridgehead atoms. The fourth-order valence-corrected chi connectivity index (χ4v) is 3.30. The van der Waals surface area contributed by atoms with Crippen LogP contribution in [0, 0.1) is 6.92 Å². The highest BCUT2D eigenvalue weighted by Crippen LogP contribution is 2.18. The summed E-state index contributed by atoms with van der Waals surface area (Å²) in [6.07, 6.45) is 1.67. The third-order valence-electron chi connectivity index (χ3n) is 4.11. The predicted molar refractivity (Wildman–Crippen MR) is 109 cm³/mol. The Labute approximate surface area is 160 Å². The van der Waals surface area contributed by atoms with Crippen molar-refractivity contribution in [2.75, 3.05) is 0 Å². The van der Waals surface area contributed by atoms with E-state index >= 15 is 0 Å². The van der Waals surface area contributed by atoms with E-state index in [0.29, 0.717) is 16.7 Å². The maximum Gasteiger partial charge on any atom is 0.282 e. The predicted octanol–water partition coefficient (Wildman–Crippen LogP) is 4.23. The Hall–Kier alpha value is -3.25. The van der Waals surface area contributed by atoms with E-state index in [0.717, 1.165) is 16.2 Å². The Balaban J connectivity index is 1.76. The lowest BCUT2D eigenvalue weighted by Crippen LogP contribution is -2.23. The lowest BCUT2D eigenvalue weighted by atomic mass is 10.2. The minimum absolute atomic E-state index is 0.146. The number of aryl methyl sites for hydroxylation is 1. The molecular weight excluding hydrogens is 358 g/mol. The van der Waals surface area contributed by atoms with Gasteiger partial charge in [-0.1, -0.05) is 36.4 Å². The summed E-state index contributed by atoms with van der Waals surface area (Å²) in [5.41, 5.74) is 1.44. The number of fused-ring (bicyclic) bond motifs is 1. The molecule has 0 unspecified atom stereocenters. The summed E-state index contributed by atoms with van der Waals surface area (Å²) in [6, 6.07) is 18.9. The zero-order chi connectivity index (χ0) is 18.6. The lowest BCUT2D eigenvalue weighted by Gasteiger charge is -2.12. The molecule has 0 fully saturated rings. The number of nitrogens with zero attached hydrogens (tertiary/aromatic N) is 3. The number of rotatable bonds is 5. The second-order valence-electron chi connectivity index (χ2n) is 5.98. The highest BCUT2D eigenvalue weighted by Gasteiger charge is 2.11. The van der Waals surface area contributed by atoms with E-state index in [-0.39, 0.29) is 12.2 Å². The van der Waals surface area contributed by atoms with Gasteiger partial charge in [0.1, 0.15) is 12.4 Å². The van der Waals surface area contributed by atoms with E-state index in [1.165, 1.54) is 4.68 Å². The van der Waals surface area contributed by atoms with E-state index in [1.807, 2.05) is 66.9 Å². The van der Waals surface area contributed by atoms with Crippen molar-refractivity contribution in [2.24, 2.45) is 5.10 Å². The van der Waals surface area contributed by atoms with Gasteiger partial charge in [-0.25, -0.2) is 4.98 Å². The zero-order valence-electron chi connectivity index (χ0n) is 14.7. The molecule has 0 spiro atoms. The van der Waals surface area contributed by atoms with Crippen molar-refractivity contribution in [1.29, 1.82) is 0 Å². The number of aromatic nitrogens is 2. The molecule has 0 atom stereocenters.